The average Bonchev–Trinajstić information content (AvgIpc) is 3.25. The highest BCUT2D eigenvalue weighted by Gasteiger charge is 2.16. The molecule has 0 atom stereocenters. The Labute approximate surface area is 179 Å². The van der Waals surface area contributed by atoms with Crippen molar-refractivity contribution < 1.29 is 23.8 Å². The van der Waals surface area contributed by atoms with Gasteiger partial charge in [0.1, 0.15) is 5.75 Å². The molecule has 158 valence electrons. The monoisotopic (exact) mass is 418 g/mol. The van der Waals surface area contributed by atoms with Gasteiger partial charge in [-0.25, -0.2) is 0 Å². The molecule has 0 aliphatic carbocycles. The fraction of sp³-hybridized carbons (Fsp3) is 0.167. The molecule has 0 saturated heterocycles. The Morgan fingerprint density at radius 2 is 1.74 bits per heavy atom. The number of carbonyl (C=O) groups is 2. The third-order valence-electron chi connectivity index (χ3n) is 4.73. The Hall–Kier alpha value is -4.00. The number of fused-ring (bicyclic) bond motifs is 1. The summed E-state index contributed by atoms with van der Waals surface area (Å²) in [6, 6.07) is 19.9. The number of para-hydroxylation sites is 1. The van der Waals surface area contributed by atoms with Crippen LogP contribution in [0.3, 0.4) is 0 Å². The first-order valence-corrected chi connectivity index (χ1v) is 9.83. The van der Waals surface area contributed by atoms with Crippen molar-refractivity contribution in [3.05, 3.63) is 83.4 Å². The maximum Gasteiger partial charge on any atom is 0.262 e. The zero-order valence-electron chi connectivity index (χ0n) is 17.0. The Kier molecular flexibility index (Phi) is 6.03. The number of benzene rings is 3. The summed E-state index contributed by atoms with van der Waals surface area (Å²) in [6.07, 6.45) is 0. The Morgan fingerprint density at radius 1 is 0.968 bits per heavy atom. The van der Waals surface area contributed by atoms with Gasteiger partial charge in [0.25, 0.3) is 11.8 Å². The van der Waals surface area contributed by atoms with Gasteiger partial charge < -0.3 is 24.8 Å². The van der Waals surface area contributed by atoms with Gasteiger partial charge in [-0.05, 0) is 36.8 Å². The third-order valence-corrected chi connectivity index (χ3v) is 4.73. The molecule has 2 N–H and O–H groups in total. The van der Waals surface area contributed by atoms with Crippen molar-refractivity contribution in [1.29, 1.82) is 0 Å². The van der Waals surface area contributed by atoms with Gasteiger partial charge in [-0.15, -0.1) is 0 Å². The van der Waals surface area contributed by atoms with E-state index in [1.165, 1.54) is 0 Å². The normalized spacial score (nSPS) is 11.6. The SMILES string of the molecule is Cc1ccc(CNC(=O)c2ccccc2NC(=O)COc2ccc3c(c2)OCO3)cc1. The highest BCUT2D eigenvalue weighted by Crippen LogP contribution is 2.35. The largest absolute Gasteiger partial charge is 0.484 e. The van der Waals surface area contributed by atoms with E-state index in [2.05, 4.69) is 10.6 Å². The standard InChI is InChI=1S/C24H22N2O5/c1-16-6-8-17(9-7-16)13-25-24(28)19-4-2-3-5-20(19)26-23(27)14-29-18-10-11-21-22(12-18)31-15-30-21/h2-12H,13-15H2,1H3,(H,25,28)(H,26,27). The highest BCUT2D eigenvalue weighted by molar-refractivity contribution is 6.04. The van der Waals surface area contributed by atoms with Crippen molar-refractivity contribution in [3.63, 3.8) is 0 Å². The molecule has 1 heterocycles. The van der Waals surface area contributed by atoms with Gasteiger partial charge in [0.05, 0.1) is 11.3 Å². The smallest absolute Gasteiger partial charge is 0.262 e. The maximum absolute atomic E-state index is 12.7. The van der Waals surface area contributed by atoms with Gasteiger partial charge in [-0.1, -0.05) is 42.0 Å². The van der Waals surface area contributed by atoms with Crippen molar-refractivity contribution in [3.8, 4) is 17.2 Å². The van der Waals surface area contributed by atoms with Crippen LogP contribution < -0.4 is 24.8 Å². The summed E-state index contributed by atoms with van der Waals surface area (Å²) in [7, 11) is 0. The van der Waals surface area contributed by atoms with E-state index in [0.717, 1.165) is 11.1 Å². The lowest BCUT2D eigenvalue weighted by atomic mass is 10.1. The number of hydrogen-bond donors (Lipinski definition) is 2. The maximum atomic E-state index is 12.7. The minimum absolute atomic E-state index is 0.169. The number of hydrogen-bond acceptors (Lipinski definition) is 5. The molecule has 31 heavy (non-hydrogen) atoms. The fourth-order valence-corrected chi connectivity index (χ4v) is 3.08. The average molecular weight is 418 g/mol. The third kappa shape index (κ3) is 5.14. The van der Waals surface area contributed by atoms with E-state index in [1.54, 1.807) is 42.5 Å². The molecule has 2 amide bonds. The van der Waals surface area contributed by atoms with E-state index in [1.807, 2.05) is 31.2 Å². The van der Waals surface area contributed by atoms with Crippen molar-refractivity contribution >= 4 is 17.5 Å². The molecule has 7 heteroatoms. The summed E-state index contributed by atoms with van der Waals surface area (Å²) in [4.78, 5) is 25.0. The first-order chi connectivity index (χ1) is 15.1. The number of aryl methyl sites for hydroxylation is 1. The van der Waals surface area contributed by atoms with Crippen molar-refractivity contribution in [2.24, 2.45) is 0 Å². The quantitative estimate of drug-likeness (QED) is 0.612. The molecular formula is C24H22N2O5. The van der Waals surface area contributed by atoms with Crippen LogP contribution >= 0.6 is 0 Å². The lowest BCUT2D eigenvalue weighted by molar-refractivity contribution is -0.118. The number of anilines is 1. The second-order valence-corrected chi connectivity index (χ2v) is 7.07. The van der Waals surface area contributed by atoms with E-state index in [-0.39, 0.29) is 25.2 Å². The van der Waals surface area contributed by atoms with E-state index in [4.69, 9.17) is 14.2 Å². The molecule has 0 bridgehead atoms. The highest BCUT2D eigenvalue weighted by atomic mass is 16.7. The molecule has 3 aromatic carbocycles. The summed E-state index contributed by atoms with van der Waals surface area (Å²) in [5.41, 5.74) is 2.96. The number of rotatable bonds is 7. The van der Waals surface area contributed by atoms with Gasteiger partial charge >= 0.3 is 0 Å². The van der Waals surface area contributed by atoms with Crippen LogP contribution in [0.2, 0.25) is 0 Å². The zero-order valence-corrected chi connectivity index (χ0v) is 17.0. The number of ether oxygens (including phenoxy) is 3. The first kappa shape index (κ1) is 20.3. The van der Waals surface area contributed by atoms with Crippen molar-refractivity contribution in [2.75, 3.05) is 18.7 Å². The summed E-state index contributed by atoms with van der Waals surface area (Å²) < 4.78 is 16.1. The van der Waals surface area contributed by atoms with E-state index in [0.29, 0.717) is 35.0 Å². The van der Waals surface area contributed by atoms with Gasteiger partial charge in [0.2, 0.25) is 6.79 Å². The molecule has 0 unspecified atom stereocenters. The van der Waals surface area contributed by atoms with Crippen molar-refractivity contribution in [1.82, 2.24) is 5.32 Å². The topological polar surface area (TPSA) is 85.9 Å². The Bertz CT molecular complexity index is 1100. The zero-order chi connectivity index (χ0) is 21.6. The molecule has 0 saturated carbocycles. The summed E-state index contributed by atoms with van der Waals surface area (Å²) in [5, 5.41) is 5.62. The van der Waals surface area contributed by atoms with Crippen LogP contribution in [0, 0.1) is 6.92 Å². The summed E-state index contributed by atoms with van der Waals surface area (Å²) >= 11 is 0. The molecule has 1 aliphatic rings. The van der Waals surface area contributed by atoms with Gasteiger partial charge in [0.15, 0.2) is 18.1 Å². The van der Waals surface area contributed by atoms with Gasteiger partial charge in [-0.3, -0.25) is 9.59 Å². The minimum atomic E-state index is -0.378. The molecule has 3 aromatic rings. The van der Waals surface area contributed by atoms with Crippen LogP contribution in [0.25, 0.3) is 0 Å². The fourth-order valence-electron chi connectivity index (χ4n) is 3.08. The second-order valence-electron chi connectivity index (χ2n) is 7.07. The Morgan fingerprint density at radius 3 is 2.58 bits per heavy atom. The van der Waals surface area contributed by atoms with Crippen LogP contribution in [-0.4, -0.2) is 25.2 Å². The van der Waals surface area contributed by atoms with E-state index >= 15 is 0 Å². The van der Waals surface area contributed by atoms with Crippen LogP contribution in [0.4, 0.5) is 5.69 Å². The number of nitrogens with one attached hydrogen (secondary N) is 2. The Balaban J connectivity index is 1.34. The van der Waals surface area contributed by atoms with Crippen molar-refractivity contribution in [2.45, 2.75) is 13.5 Å². The molecule has 0 fully saturated rings. The van der Waals surface area contributed by atoms with Crippen LogP contribution in [0.5, 0.6) is 17.2 Å². The molecule has 0 radical (unpaired) electrons. The predicted molar refractivity (Wildman–Crippen MR) is 115 cm³/mol. The molecule has 0 aromatic heterocycles. The number of carbonyl (C=O) groups excluding carboxylic acids is 2. The van der Waals surface area contributed by atoms with Gasteiger partial charge in [0, 0.05) is 12.6 Å². The van der Waals surface area contributed by atoms with Crippen LogP contribution in [0.1, 0.15) is 21.5 Å². The molecule has 7 nitrogen and oxygen atoms in total. The first-order valence-electron chi connectivity index (χ1n) is 9.83. The molecule has 4 rings (SSSR count). The van der Waals surface area contributed by atoms with E-state index < -0.39 is 0 Å². The summed E-state index contributed by atoms with van der Waals surface area (Å²) in [6.45, 7) is 2.37. The molecule has 1 aliphatic heterocycles. The number of amides is 2. The lowest BCUT2D eigenvalue weighted by Crippen LogP contribution is -2.26. The minimum Gasteiger partial charge on any atom is -0.484 e. The molecular weight excluding hydrogens is 396 g/mol. The molecule has 0 spiro atoms. The van der Waals surface area contributed by atoms with Gasteiger partial charge in [-0.2, -0.15) is 0 Å². The lowest BCUT2D eigenvalue weighted by Gasteiger charge is -2.12. The van der Waals surface area contributed by atoms with Crippen LogP contribution in [-0.2, 0) is 11.3 Å². The summed E-state index contributed by atoms with van der Waals surface area (Å²) in [5.74, 6) is 1.06. The second kappa shape index (κ2) is 9.21. The van der Waals surface area contributed by atoms with Crippen LogP contribution in [0.15, 0.2) is 66.7 Å². The van der Waals surface area contributed by atoms with E-state index in [9.17, 15) is 9.59 Å². The predicted octanol–water partition coefficient (Wildman–Crippen LogP) is 3.67.